The standard InChI is InChI=1S/C18H19ClN2O3/c19-15-6-8-16(9-7-15)24-13-12-20-17(22)10-11-21-18(23)14-4-2-1-3-5-14/h1-9H,10-13H2,(H,20,22)(H,21,23). The third-order valence-corrected chi connectivity index (χ3v) is 3.43. The summed E-state index contributed by atoms with van der Waals surface area (Å²) in [5.74, 6) is 0.376. The van der Waals surface area contributed by atoms with Crippen LogP contribution >= 0.6 is 11.6 Å². The molecule has 5 nitrogen and oxygen atoms in total. The Balaban J connectivity index is 1.56. The number of rotatable bonds is 8. The minimum Gasteiger partial charge on any atom is -0.492 e. The van der Waals surface area contributed by atoms with Crippen molar-refractivity contribution in [3.63, 3.8) is 0 Å². The van der Waals surface area contributed by atoms with Crippen LogP contribution in [-0.2, 0) is 4.79 Å². The fourth-order valence-electron chi connectivity index (χ4n) is 1.96. The van der Waals surface area contributed by atoms with Crippen molar-refractivity contribution in [2.75, 3.05) is 19.7 Å². The first kappa shape index (κ1) is 17.8. The summed E-state index contributed by atoms with van der Waals surface area (Å²) in [6.45, 7) is 1.05. The van der Waals surface area contributed by atoms with Gasteiger partial charge in [0.05, 0.1) is 6.54 Å². The van der Waals surface area contributed by atoms with E-state index in [2.05, 4.69) is 10.6 Å². The van der Waals surface area contributed by atoms with E-state index in [1.54, 1.807) is 48.5 Å². The monoisotopic (exact) mass is 346 g/mol. The van der Waals surface area contributed by atoms with Gasteiger partial charge in [0.2, 0.25) is 5.91 Å². The summed E-state index contributed by atoms with van der Waals surface area (Å²) in [6.07, 6.45) is 0.222. The third-order valence-electron chi connectivity index (χ3n) is 3.18. The number of hydrogen-bond acceptors (Lipinski definition) is 3. The number of carbonyl (C=O) groups excluding carboxylic acids is 2. The molecule has 2 aromatic carbocycles. The number of halogens is 1. The van der Waals surface area contributed by atoms with Crippen LogP contribution in [0.25, 0.3) is 0 Å². The van der Waals surface area contributed by atoms with E-state index in [9.17, 15) is 9.59 Å². The fraction of sp³-hybridized carbons (Fsp3) is 0.222. The van der Waals surface area contributed by atoms with Crippen LogP contribution in [0.4, 0.5) is 0 Å². The van der Waals surface area contributed by atoms with Gasteiger partial charge in [-0.2, -0.15) is 0 Å². The Kier molecular flexibility index (Phi) is 7.11. The van der Waals surface area contributed by atoms with Gasteiger partial charge in [-0.05, 0) is 36.4 Å². The molecule has 0 aliphatic heterocycles. The summed E-state index contributed by atoms with van der Waals surface area (Å²) in [7, 11) is 0. The van der Waals surface area contributed by atoms with Crippen molar-refractivity contribution in [3.8, 4) is 5.75 Å². The van der Waals surface area contributed by atoms with Crippen LogP contribution in [0.3, 0.4) is 0 Å². The predicted octanol–water partition coefficient (Wildman–Crippen LogP) is 2.66. The minimum absolute atomic E-state index is 0.136. The van der Waals surface area contributed by atoms with Crippen LogP contribution < -0.4 is 15.4 Å². The van der Waals surface area contributed by atoms with Gasteiger partial charge in [0.1, 0.15) is 12.4 Å². The first-order valence-corrected chi connectivity index (χ1v) is 8.01. The molecule has 0 aliphatic rings. The Morgan fingerprint density at radius 2 is 1.62 bits per heavy atom. The second kappa shape index (κ2) is 9.57. The van der Waals surface area contributed by atoms with E-state index in [4.69, 9.17) is 16.3 Å². The molecule has 2 aromatic rings. The Morgan fingerprint density at radius 3 is 2.33 bits per heavy atom. The van der Waals surface area contributed by atoms with Gasteiger partial charge in [-0.25, -0.2) is 0 Å². The molecule has 2 rings (SSSR count). The largest absolute Gasteiger partial charge is 0.492 e. The van der Waals surface area contributed by atoms with Gasteiger partial charge in [-0.1, -0.05) is 29.8 Å². The highest BCUT2D eigenvalue weighted by Gasteiger charge is 2.05. The Labute approximate surface area is 146 Å². The predicted molar refractivity (Wildman–Crippen MR) is 93.3 cm³/mol. The van der Waals surface area contributed by atoms with E-state index in [-0.39, 0.29) is 24.8 Å². The van der Waals surface area contributed by atoms with E-state index < -0.39 is 0 Å². The Bertz CT molecular complexity index is 660. The first-order valence-electron chi connectivity index (χ1n) is 7.63. The molecular weight excluding hydrogens is 328 g/mol. The van der Waals surface area contributed by atoms with E-state index >= 15 is 0 Å². The number of ether oxygens (including phenoxy) is 1. The molecule has 0 atom stereocenters. The summed E-state index contributed by atoms with van der Waals surface area (Å²) >= 11 is 5.78. The van der Waals surface area contributed by atoms with Gasteiger partial charge in [-0.15, -0.1) is 0 Å². The maximum absolute atomic E-state index is 11.8. The van der Waals surface area contributed by atoms with Crippen molar-refractivity contribution < 1.29 is 14.3 Å². The maximum atomic E-state index is 11.8. The lowest BCUT2D eigenvalue weighted by molar-refractivity contribution is -0.121. The molecule has 0 unspecified atom stereocenters. The molecule has 0 saturated heterocycles. The van der Waals surface area contributed by atoms with Crippen molar-refractivity contribution in [1.29, 1.82) is 0 Å². The summed E-state index contributed by atoms with van der Waals surface area (Å²) in [5, 5.41) is 6.09. The highest BCUT2D eigenvalue weighted by molar-refractivity contribution is 6.30. The molecule has 0 bridgehead atoms. The van der Waals surface area contributed by atoms with Gasteiger partial charge < -0.3 is 15.4 Å². The summed E-state index contributed by atoms with van der Waals surface area (Å²) in [4.78, 5) is 23.5. The van der Waals surface area contributed by atoms with Crippen LogP contribution in [0.15, 0.2) is 54.6 Å². The number of benzene rings is 2. The van der Waals surface area contributed by atoms with E-state index in [1.807, 2.05) is 6.07 Å². The zero-order chi connectivity index (χ0) is 17.2. The molecule has 0 saturated carbocycles. The normalized spacial score (nSPS) is 10.0. The van der Waals surface area contributed by atoms with Crippen LogP contribution in [0.5, 0.6) is 5.75 Å². The highest BCUT2D eigenvalue weighted by atomic mass is 35.5. The van der Waals surface area contributed by atoms with E-state index in [0.717, 1.165) is 0 Å². The number of amides is 2. The average molecular weight is 347 g/mol. The SMILES string of the molecule is O=C(CCNC(=O)c1ccccc1)NCCOc1ccc(Cl)cc1. The first-order chi connectivity index (χ1) is 11.6. The minimum atomic E-state index is -0.186. The summed E-state index contributed by atoms with van der Waals surface area (Å²) < 4.78 is 5.47. The molecular formula is C18H19ClN2O3. The lowest BCUT2D eigenvalue weighted by Gasteiger charge is -2.08. The Morgan fingerprint density at radius 1 is 0.917 bits per heavy atom. The van der Waals surface area contributed by atoms with Gasteiger partial charge in [0.25, 0.3) is 5.91 Å². The number of hydrogen-bond donors (Lipinski definition) is 2. The average Bonchev–Trinajstić information content (AvgIpc) is 2.61. The van der Waals surface area contributed by atoms with Crippen molar-refractivity contribution in [2.24, 2.45) is 0 Å². The zero-order valence-corrected chi connectivity index (χ0v) is 13.9. The lowest BCUT2D eigenvalue weighted by atomic mass is 10.2. The highest BCUT2D eigenvalue weighted by Crippen LogP contribution is 2.15. The number of nitrogens with one attached hydrogen (secondary N) is 2. The van der Waals surface area contributed by atoms with Crippen LogP contribution in [-0.4, -0.2) is 31.5 Å². The fourth-order valence-corrected chi connectivity index (χ4v) is 2.09. The van der Waals surface area contributed by atoms with Crippen molar-refractivity contribution >= 4 is 23.4 Å². The molecule has 24 heavy (non-hydrogen) atoms. The van der Waals surface area contributed by atoms with Gasteiger partial charge in [-0.3, -0.25) is 9.59 Å². The second-order valence-corrected chi connectivity index (χ2v) is 5.46. The third kappa shape index (κ3) is 6.30. The zero-order valence-electron chi connectivity index (χ0n) is 13.1. The number of carbonyl (C=O) groups is 2. The summed E-state index contributed by atoms with van der Waals surface area (Å²) in [6, 6.07) is 15.9. The summed E-state index contributed by atoms with van der Waals surface area (Å²) in [5.41, 5.74) is 0.578. The van der Waals surface area contributed by atoms with Gasteiger partial charge in [0, 0.05) is 23.6 Å². The molecule has 2 amide bonds. The second-order valence-electron chi connectivity index (χ2n) is 5.02. The van der Waals surface area contributed by atoms with E-state index in [0.29, 0.717) is 29.5 Å². The van der Waals surface area contributed by atoms with Gasteiger partial charge >= 0.3 is 0 Å². The molecule has 0 aliphatic carbocycles. The van der Waals surface area contributed by atoms with Crippen molar-refractivity contribution in [1.82, 2.24) is 10.6 Å². The van der Waals surface area contributed by atoms with Gasteiger partial charge in [0.15, 0.2) is 0 Å². The molecule has 0 aromatic heterocycles. The molecule has 0 radical (unpaired) electrons. The van der Waals surface area contributed by atoms with Crippen molar-refractivity contribution in [3.05, 3.63) is 65.2 Å². The van der Waals surface area contributed by atoms with E-state index in [1.165, 1.54) is 0 Å². The quantitative estimate of drug-likeness (QED) is 0.722. The molecule has 2 N–H and O–H groups in total. The Hall–Kier alpha value is -2.53. The topological polar surface area (TPSA) is 67.4 Å². The van der Waals surface area contributed by atoms with Crippen molar-refractivity contribution in [2.45, 2.75) is 6.42 Å². The maximum Gasteiger partial charge on any atom is 0.251 e. The molecule has 0 spiro atoms. The smallest absolute Gasteiger partial charge is 0.251 e. The van der Waals surface area contributed by atoms with Crippen LogP contribution in [0.2, 0.25) is 5.02 Å². The molecule has 0 fully saturated rings. The van der Waals surface area contributed by atoms with Crippen LogP contribution in [0, 0.1) is 0 Å². The molecule has 6 heteroatoms. The molecule has 0 heterocycles. The lowest BCUT2D eigenvalue weighted by Crippen LogP contribution is -2.32. The molecule has 126 valence electrons. The van der Waals surface area contributed by atoms with Crippen LogP contribution in [0.1, 0.15) is 16.8 Å².